The summed E-state index contributed by atoms with van der Waals surface area (Å²) >= 11 is 0. The molecule has 1 unspecified atom stereocenters. The smallest absolute Gasteiger partial charge is 0.133 e. The first-order valence-corrected chi connectivity index (χ1v) is 7.65. The van der Waals surface area contributed by atoms with Crippen molar-refractivity contribution in [1.29, 1.82) is 0 Å². The molecule has 0 aliphatic carbocycles. The van der Waals surface area contributed by atoms with Crippen LogP contribution < -0.4 is 4.74 Å². The van der Waals surface area contributed by atoms with Gasteiger partial charge in [-0.05, 0) is 43.0 Å². The van der Waals surface area contributed by atoms with Gasteiger partial charge in [0.15, 0.2) is 0 Å². The summed E-state index contributed by atoms with van der Waals surface area (Å²) in [6.45, 7) is 1.94. The fourth-order valence-corrected chi connectivity index (χ4v) is 3.49. The van der Waals surface area contributed by atoms with E-state index in [0.29, 0.717) is 6.42 Å². The average molecular weight is 299 g/mol. The molecule has 1 aromatic carbocycles. The molecule has 2 atom stereocenters. The van der Waals surface area contributed by atoms with Crippen molar-refractivity contribution in [3.63, 3.8) is 0 Å². The van der Waals surface area contributed by atoms with Crippen LogP contribution in [0.3, 0.4) is 0 Å². The van der Waals surface area contributed by atoms with Gasteiger partial charge >= 0.3 is 0 Å². The fourth-order valence-electron chi connectivity index (χ4n) is 3.49. The molecular weight excluding hydrogens is 281 g/mol. The Bertz CT molecular complexity index is 784. The maximum atomic E-state index is 14.6. The molecule has 1 saturated heterocycles. The van der Waals surface area contributed by atoms with Crippen LogP contribution in [0.1, 0.15) is 30.5 Å². The van der Waals surface area contributed by atoms with Gasteiger partial charge in [-0.3, -0.25) is 4.98 Å². The monoisotopic (exact) mass is 299 g/mol. The predicted molar refractivity (Wildman–Crippen MR) is 83.6 cm³/mol. The number of nitrogens with zero attached hydrogens (tertiary/aromatic N) is 1. The van der Waals surface area contributed by atoms with Crippen molar-refractivity contribution >= 4 is 16.5 Å². The van der Waals surface area contributed by atoms with Gasteiger partial charge in [0.25, 0.3) is 0 Å². The first-order valence-electron chi connectivity index (χ1n) is 7.65. The topological polar surface area (TPSA) is 31.4 Å². The lowest BCUT2D eigenvalue weighted by molar-refractivity contribution is 0.0463. The Morgan fingerprint density at radius 2 is 2.14 bits per heavy atom. The Kier molecular flexibility index (Phi) is 3.15. The van der Waals surface area contributed by atoms with Crippen molar-refractivity contribution in [2.75, 3.05) is 7.11 Å². The molecule has 0 spiro atoms. The molecule has 2 aromatic rings. The summed E-state index contributed by atoms with van der Waals surface area (Å²) in [5.41, 5.74) is 3.47. The summed E-state index contributed by atoms with van der Waals surface area (Å²) in [6, 6.07) is 7.79. The Morgan fingerprint density at radius 3 is 2.95 bits per heavy atom. The summed E-state index contributed by atoms with van der Waals surface area (Å²) in [6.07, 6.45) is 2.20. The Balaban J connectivity index is 1.86. The maximum Gasteiger partial charge on any atom is 0.133 e. The summed E-state index contributed by atoms with van der Waals surface area (Å²) in [7, 11) is 1.65. The van der Waals surface area contributed by atoms with E-state index in [0.717, 1.165) is 46.3 Å². The SMILES string of the molecule is COc1cc(C)nc2ccc(C3=C(F)C4CC[C@H](C3)O4)cc12. The average Bonchev–Trinajstić information content (AvgIpc) is 2.93. The first kappa shape index (κ1) is 13.7. The molecule has 0 N–H and O–H groups in total. The maximum absolute atomic E-state index is 14.6. The number of rotatable bonds is 2. The number of halogens is 1. The normalized spacial score (nSPS) is 24.1. The van der Waals surface area contributed by atoms with Crippen molar-refractivity contribution in [3.05, 3.63) is 41.3 Å². The van der Waals surface area contributed by atoms with Crippen LogP contribution in [0.5, 0.6) is 5.75 Å². The van der Waals surface area contributed by atoms with Gasteiger partial charge in [0, 0.05) is 23.6 Å². The Morgan fingerprint density at radius 1 is 1.27 bits per heavy atom. The quantitative estimate of drug-likeness (QED) is 0.833. The minimum atomic E-state index is -0.345. The van der Waals surface area contributed by atoms with Crippen molar-refractivity contribution < 1.29 is 13.9 Å². The van der Waals surface area contributed by atoms with Crippen LogP contribution in [-0.4, -0.2) is 24.3 Å². The second-order valence-corrected chi connectivity index (χ2v) is 6.05. The van der Waals surface area contributed by atoms with Crippen molar-refractivity contribution in [1.82, 2.24) is 4.98 Å². The molecule has 114 valence electrons. The second kappa shape index (κ2) is 5.06. The zero-order chi connectivity index (χ0) is 15.3. The highest BCUT2D eigenvalue weighted by Crippen LogP contribution is 2.42. The molecule has 2 aliphatic rings. The summed E-state index contributed by atoms with van der Waals surface area (Å²) < 4.78 is 25.7. The molecular formula is C18H18FNO2. The summed E-state index contributed by atoms with van der Waals surface area (Å²) in [5.74, 6) is 0.674. The minimum Gasteiger partial charge on any atom is -0.496 e. The number of hydrogen-bond donors (Lipinski definition) is 0. The van der Waals surface area contributed by atoms with E-state index in [-0.39, 0.29) is 18.0 Å². The van der Waals surface area contributed by atoms with E-state index >= 15 is 0 Å². The highest BCUT2D eigenvalue weighted by atomic mass is 19.1. The molecule has 0 saturated carbocycles. The second-order valence-electron chi connectivity index (χ2n) is 6.05. The molecule has 2 bridgehead atoms. The van der Waals surface area contributed by atoms with Gasteiger partial charge in [0.05, 0.1) is 18.7 Å². The van der Waals surface area contributed by atoms with E-state index in [1.165, 1.54) is 0 Å². The number of methoxy groups -OCH3 is 1. The molecule has 22 heavy (non-hydrogen) atoms. The lowest BCUT2D eigenvalue weighted by Gasteiger charge is -2.23. The van der Waals surface area contributed by atoms with Crippen LogP contribution >= 0.6 is 0 Å². The first-order chi connectivity index (χ1) is 10.7. The van der Waals surface area contributed by atoms with Crippen LogP contribution in [0.15, 0.2) is 30.1 Å². The molecule has 3 heterocycles. The van der Waals surface area contributed by atoms with Crippen molar-refractivity contribution in [2.45, 2.75) is 38.4 Å². The van der Waals surface area contributed by atoms with Crippen LogP contribution in [0, 0.1) is 6.92 Å². The summed E-state index contributed by atoms with van der Waals surface area (Å²) in [5, 5.41) is 0.921. The van der Waals surface area contributed by atoms with Gasteiger partial charge in [0.2, 0.25) is 0 Å². The third-order valence-electron chi connectivity index (χ3n) is 4.58. The zero-order valence-corrected chi connectivity index (χ0v) is 12.7. The van der Waals surface area contributed by atoms with Gasteiger partial charge < -0.3 is 9.47 Å². The van der Waals surface area contributed by atoms with Gasteiger partial charge in [-0.15, -0.1) is 0 Å². The molecule has 2 aliphatic heterocycles. The van der Waals surface area contributed by atoms with Crippen LogP contribution in [-0.2, 0) is 4.74 Å². The number of fused-ring (bicyclic) bond motifs is 3. The third kappa shape index (κ3) is 2.10. The number of benzene rings is 1. The van der Waals surface area contributed by atoms with Crippen molar-refractivity contribution in [3.8, 4) is 5.75 Å². The lowest BCUT2D eigenvalue weighted by Crippen LogP contribution is -2.19. The van der Waals surface area contributed by atoms with E-state index in [1.54, 1.807) is 7.11 Å². The van der Waals surface area contributed by atoms with E-state index in [4.69, 9.17) is 9.47 Å². The molecule has 3 nitrogen and oxygen atoms in total. The largest absolute Gasteiger partial charge is 0.496 e. The standard InChI is InChI=1S/C18H18FNO2/c1-10-7-17(21-2)14-8-11(3-5-15(14)20-10)13-9-12-4-6-16(22-12)18(13)19/h3,5,7-8,12,16H,4,6,9H2,1-2H3/t12-,16?/m1/s1. The van der Waals surface area contributed by atoms with Gasteiger partial charge in [-0.25, -0.2) is 4.39 Å². The minimum absolute atomic E-state index is 0.105. The van der Waals surface area contributed by atoms with Crippen LogP contribution in [0.25, 0.3) is 16.5 Å². The lowest BCUT2D eigenvalue weighted by atomic mass is 9.96. The van der Waals surface area contributed by atoms with E-state index in [9.17, 15) is 4.39 Å². The number of hydrogen-bond acceptors (Lipinski definition) is 3. The summed E-state index contributed by atoms with van der Waals surface area (Å²) in [4.78, 5) is 4.52. The Hall–Kier alpha value is -1.94. The predicted octanol–water partition coefficient (Wildman–Crippen LogP) is 4.18. The Labute approximate surface area is 128 Å². The molecule has 4 heteroatoms. The van der Waals surface area contributed by atoms with Crippen molar-refractivity contribution in [2.24, 2.45) is 0 Å². The fraction of sp³-hybridized carbons (Fsp3) is 0.389. The van der Waals surface area contributed by atoms with Gasteiger partial charge in [-0.2, -0.15) is 0 Å². The van der Waals surface area contributed by atoms with Gasteiger partial charge in [0.1, 0.15) is 17.7 Å². The van der Waals surface area contributed by atoms with Crippen LogP contribution in [0.2, 0.25) is 0 Å². The molecule has 0 amide bonds. The highest BCUT2D eigenvalue weighted by Gasteiger charge is 2.36. The highest BCUT2D eigenvalue weighted by molar-refractivity contribution is 5.89. The van der Waals surface area contributed by atoms with E-state index in [1.807, 2.05) is 31.2 Å². The van der Waals surface area contributed by atoms with Gasteiger partial charge in [-0.1, -0.05) is 6.07 Å². The van der Waals surface area contributed by atoms with E-state index in [2.05, 4.69) is 4.98 Å². The molecule has 4 rings (SSSR count). The number of aryl methyl sites for hydroxylation is 1. The third-order valence-corrected chi connectivity index (χ3v) is 4.58. The van der Waals surface area contributed by atoms with E-state index < -0.39 is 0 Å². The van der Waals surface area contributed by atoms with Crippen LogP contribution in [0.4, 0.5) is 4.39 Å². The zero-order valence-electron chi connectivity index (χ0n) is 12.7. The molecule has 1 aromatic heterocycles. The number of aromatic nitrogens is 1. The number of pyridine rings is 1. The number of ether oxygens (including phenoxy) is 2. The molecule has 0 radical (unpaired) electrons. The molecule has 1 fully saturated rings.